The van der Waals surface area contributed by atoms with Crippen molar-refractivity contribution in [3.05, 3.63) is 105 Å². The molecule has 1 N–H and O–H groups in total. The van der Waals surface area contributed by atoms with Gasteiger partial charge in [-0.25, -0.2) is 4.79 Å². The van der Waals surface area contributed by atoms with Gasteiger partial charge in [-0.3, -0.25) is 4.98 Å². The average molecular weight is 733 g/mol. The number of ether oxygens (including phenoxy) is 4. The highest BCUT2D eigenvalue weighted by Crippen LogP contribution is 2.58. The van der Waals surface area contributed by atoms with Crippen molar-refractivity contribution in [2.45, 2.75) is 108 Å². The van der Waals surface area contributed by atoms with E-state index in [0.717, 1.165) is 74.3 Å². The lowest BCUT2D eigenvalue weighted by Crippen LogP contribution is -2.54. The van der Waals surface area contributed by atoms with Crippen molar-refractivity contribution in [2.75, 3.05) is 18.7 Å². The molecule has 2 heterocycles. The number of pyridine rings is 1. The number of carbonyl (C=O) groups is 1. The lowest BCUT2D eigenvalue weighted by atomic mass is 9.59. The van der Waals surface area contributed by atoms with E-state index < -0.39 is 5.54 Å². The number of anilines is 1. The van der Waals surface area contributed by atoms with E-state index in [0.29, 0.717) is 48.0 Å². The third-order valence-electron chi connectivity index (χ3n) is 13.0. The summed E-state index contributed by atoms with van der Waals surface area (Å²) in [5.74, 6) is 4.21. The average Bonchev–Trinajstić information content (AvgIpc) is 3.89. The van der Waals surface area contributed by atoms with Crippen LogP contribution in [-0.4, -0.2) is 29.9 Å². The van der Waals surface area contributed by atoms with Crippen molar-refractivity contribution in [1.82, 2.24) is 4.98 Å². The fourth-order valence-corrected chi connectivity index (χ4v) is 10.5. The molecule has 4 aliphatic carbocycles. The molecule has 276 valence electrons. The number of aromatic nitrogens is 1. The van der Waals surface area contributed by atoms with Crippen LogP contribution in [0.5, 0.6) is 23.0 Å². The van der Waals surface area contributed by atoms with Crippen molar-refractivity contribution in [3.63, 3.8) is 0 Å². The van der Waals surface area contributed by atoms with Crippen molar-refractivity contribution in [3.8, 4) is 23.0 Å². The number of esters is 1. The van der Waals surface area contributed by atoms with Crippen molar-refractivity contribution in [2.24, 2.45) is 11.8 Å². The number of nitrogens with one attached hydrogen (secondary N) is 1. The summed E-state index contributed by atoms with van der Waals surface area (Å²) in [5.41, 5.74) is 7.61. The minimum absolute atomic E-state index is 0.123. The van der Waals surface area contributed by atoms with Gasteiger partial charge >= 0.3 is 5.97 Å². The molecule has 0 amide bonds. The predicted molar refractivity (Wildman–Crippen MR) is 207 cm³/mol. The molecule has 1 fully saturated rings. The molecule has 0 radical (unpaired) electrons. The van der Waals surface area contributed by atoms with Crippen LogP contribution in [-0.2, 0) is 35.9 Å². The summed E-state index contributed by atoms with van der Waals surface area (Å²) in [6, 6.07) is 20.3. The molecule has 9 rings (SSSR count). The lowest BCUT2D eigenvalue weighted by Gasteiger charge is -2.48. The molecule has 0 saturated heterocycles. The number of nitrogens with zero attached hydrogens (tertiary/aromatic N) is 1. The standard InChI is InChI=1S/C45H49ClN2O5/c1-28(26-50-39-14-19-47-38-11-3-6-29(2)42(38)39)20-33-21-32-23-40-41(52-27-51-40)25-37(32)44(33)15-17-45(18-16-44,48-35-10-5-9-34(46)24-35)43(49)53-36-13-12-30-7-4-8-31(30)22-36/h5,9-10,12-14,19,22-25,28-29,33,48H,3-4,6-8,11,15-18,20-21,26-27H2,1-2H3/t28-,29-,33+,44?,45?/m1/s1. The molecule has 7 nitrogen and oxygen atoms in total. The number of aryl methyl sites for hydroxylation is 3. The number of fused-ring (bicyclic) bond motifs is 5. The van der Waals surface area contributed by atoms with Crippen LogP contribution in [0.1, 0.15) is 105 Å². The van der Waals surface area contributed by atoms with Crippen LogP contribution in [0.25, 0.3) is 0 Å². The van der Waals surface area contributed by atoms with Crippen LogP contribution in [0.3, 0.4) is 0 Å². The summed E-state index contributed by atoms with van der Waals surface area (Å²) in [6.07, 6.45) is 13.5. The fourth-order valence-electron chi connectivity index (χ4n) is 10.3. The summed E-state index contributed by atoms with van der Waals surface area (Å²) in [5, 5.41) is 4.30. The number of hydrogen-bond donors (Lipinski definition) is 1. The van der Waals surface area contributed by atoms with Crippen LogP contribution in [0.15, 0.2) is 66.9 Å². The molecule has 0 bridgehead atoms. The molecule has 4 aromatic rings. The third kappa shape index (κ3) is 6.43. The van der Waals surface area contributed by atoms with Crippen LogP contribution >= 0.6 is 11.6 Å². The maximum atomic E-state index is 14.5. The summed E-state index contributed by atoms with van der Waals surface area (Å²) in [7, 11) is 0. The maximum Gasteiger partial charge on any atom is 0.337 e. The molecule has 8 heteroatoms. The lowest BCUT2D eigenvalue weighted by molar-refractivity contribution is -0.141. The second kappa shape index (κ2) is 13.9. The molecule has 3 atom stereocenters. The van der Waals surface area contributed by atoms with E-state index in [-0.39, 0.29) is 18.2 Å². The van der Waals surface area contributed by atoms with E-state index in [9.17, 15) is 4.79 Å². The van der Waals surface area contributed by atoms with Crippen LogP contribution in [0, 0.1) is 11.8 Å². The van der Waals surface area contributed by atoms with Gasteiger partial charge in [0, 0.05) is 28.2 Å². The first-order valence-corrected chi connectivity index (χ1v) is 20.1. The van der Waals surface area contributed by atoms with Crippen molar-refractivity contribution in [1.29, 1.82) is 0 Å². The molecule has 0 unspecified atom stereocenters. The fraction of sp³-hybridized carbons (Fsp3) is 0.467. The van der Waals surface area contributed by atoms with Gasteiger partial charge in [0.05, 0.1) is 6.61 Å². The molecule has 1 saturated carbocycles. The van der Waals surface area contributed by atoms with Gasteiger partial charge in [-0.1, -0.05) is 37.6 Å². The zero-order chi connectivity index (χ0) is 36.2. The van der Waals surface area contributed by atoms with E-state index in [1.165, 1.54) is 46.4 Å². The van der Waals surface area contributed by atoms with E-state index in [1.807, 2.05) is 36.5 Å². The zero-order valence-electron chi connectivity index (χ0n) is 30.8. The second-order valence-corrected chi connectivity index (χ2v) is 16.9. The molecular formula is C45H49ClN2O5. The Hall–Kier alpha value is -4.23. The Kier molecular flexibility index (Phi) is 9.04. The number of hydrogen-bond acceptors (Lipinski definition) is 7. The number of benzene rings is 3. The van der Waals surface area contributed by atoms with Gasteiger partial charge in [-0.15, -0.1) is 0 Å². The summed E-state index contributed by atoms with van der Waals surface area (Å²) < 4.78 is 24.7. The van der Waals surface area contributed by atoms with Gasteiger partial charge < -0.3 is 24.3 Å². The van der Waals surface area contributed by atoms with Gasteiger partial charge in [-0.2, -0.15) is 0 Å². The van der Waals surface area contributed by atoms with Crippen molar-refractivity contribution < 1.29 is 23.7 Å². The monoisotopic (exact) mass is 732 g/mol. The molecule has 1 aromatic heterocycles. The SMILES string of the molecule is C[C@@H](COc1ccnc2c1[C@H](C)CCC2)C[C@H]1Cc2cc3c(cc2C12CCC(Nc1cccc(Cl)c1)(C(=O)Oc1ccc4c(c1)CCC4)CC2)OCO3. The smallest absolute Gasteiger partial charge is 0.337 e. The number of carbonyl (C=O) groups excluding carboxylic acids is 1. The molecule has 5 aliphatic rings. The normalized spacial score (nSPS) is 25.7. The Morgan fingerprint density at radius 3 is 2.64 bits per heavy atom. The zero-order valence-corrected chi connectivity index (χ0v) is 31.6. The Morgan fingerprint density at radius 2 is 1.79 bits per heavy atom. The third-order valence-corrected chi connectivity index (χ3v) is 13.3. The number of halogens is 1. The minimum atomic E-state index is -0.912. The van der Waals surface area contributed by atoms with Crippen LogP contribution in [0.2, 0.25) is 5.02 Å². The van der Waals surface area contributed by atoms with Crippen LogP contribution in [0.4, 0.5) is 5.69 Å². The van der Waals surface area contributed by atoms with E-state index in [1.54, 1.807) is 0 Å². The second-order valence-electron chi connectivity index (χ2n) is 16.4. The molecule has 3 aromatic carbocycles. The summed E-state index contributed by atoms with van der Waals surface area (Å²) in [4.78, 5) is 19.2. The van der Waals surface area contributed by atoms with Gasteiger partial charge in [0.2, 0.25) is 6.79 Å². The first kappa shape index (κ1) is 34.5. The van der Waals surface area contributed by atoms with Gasteiger partial charge in [-0.05, 0) is 171 Å². The van der Waals surface area contributed by atoms with Gasteiger partial charge in [0.1, 0.15) is 17.0 Å². The quantitative estimate of drug-likeness (QED) is 0.136. The Morgan fingerprint density at radius 1 is 0.962 bits per heavy atom. The van der Waals surface area contributed by atoms with E-state index >= 15 is 0 Å². The molecular weight excluding hydrogens is 684 g/mol. The summed E-state index contributed by atoms with van der Waals surface area (Å²) in [6.45, 7) is 5.53. The van der Waals surface area contributed by atoms with Crippen molar-refractivity contribution >= 4 is 23.3 Å². The highest BCUT2D eigenvalue weighted by atomic mass is 35.5. The minimum Gasteiger partial charge on any atom is -0.493 e. The largest absolute Gasteiger partial charge is 0.493 e. The Balaban J connectivity index is 0.993. The Labute approximate surface area is 317 Å². The highest BCUT2D eigenvalue weighted by Gasteiger charge is 2.55. The molecule has 1 aliphatic heterocycles. The first-order valence-electron chi connectivity index (χ1n) is 19.7. The Bertz CT molecular complexity index is 2040. The van der Waals surface area contributed by atoms with E-state index in [4.69, 9.17) is 35.5 Å². The van der Waals surface area contributed by atoms with Crippen LogP contribution < -0.4 is 24.3 Å². The van der Waals surface area contributed by atoms with Gasteiger partial charge in [0.15, 0.2) is 11.5 Å². The molecule has 1 spiro atoms. The predicted octanol–water partition coefficient (Wildman–Crippen LogP) is 9.94. The van der Waals surface area contributed by atoms with E-state index in [2.05, 4.69) is 49.5 Å². The molecule has 53 heavy (non-hydrogen) atoms. The topological polar surface area (TPSA) is 78.9 Å². The number of rotatable bonds is 9. The van der Waals surface area contributed by atoms with Gasteiger partial charge in [0.25, 0.3) is 0 Å². The first-order chi connectivity index (χ1) is 25.8. The highest BCUT2D eigenvalue weighted by molar-refractivity contribution is 6.30. The maximum absolute atomic E-state index is 14.5. The summed E-state index contributed by atoms with van der Waals surface area (Å²) >= 11 is 6.46.